The van der Waals surface area contributed by atoms with Crippen LogP contribution in [0.15, 0.2) is 51.8 Å². The molecule has 2 aromatic carbocycles. The number of hydrogen-bond donors (Lipinski definition) is 2. The van der Waals surface area contributed by atoms with Crippen LogP contribution in [-0.4, -0.2) is 8.42 Å². The number of sulfonamides is 1. The van der Waals surface area contributed by atoms with Gasteiger partial charge in [-0.05, 0) is 52.2 Å². The summed E-state index contributed by atoms with van der Waals surface area (Å²) in [7, 11) is -3.62. The van der Waals surface area contributed by atoms with Crippen LogP contribution in [0.5, 0.6) is 0 Å². The van der Waals surface area contributed by atoms with Gasteiger partial charge in [-0.15, -0.1) is 0 Å². The van der Waals surface area contributed by atoms with Gasteiger partial charge in [0.1, 0.15) is 0 Å². The standard InChI is InChI=1S/C14H15BrN2O2S/c1-2-10-5-3-4-6-14(10)17-20(18,19)11-7-8-13(16)12(15)9-11/h3-9,17H,2,16H2,1H3. The molecule has 0 fully saturated rings. The van der Waals surface area contributed by atoms with Crippen molar-refractivity contribution in [1.82, 2.24) is 0 Å². The Morgan fingerprint density at radius 2 is 1.90 bits per heavy atom. The zero-order valence-corrected chi connectivity index (χ0v) is 13.3. The summed E-state index contributed by atoms with van der Waals surface area (Å²) in [5.41, 5.74) is 7.72. The number of para-hydroxylation sites is 1. The molecule has 0 unspecified atom stereocenters. The topological polar surface area (TPSA) is 72.2 Å². The molecule has 2 rings (SSSR count). The van der Waals surface area contributed by atoms with E-state index in [1.54, 1.807) is 18.2 Å². The van der Waals surface area contributed by atoms with Crippen LogP contribution in [0.2, 0.25) is 0 Å². The van der Waals surface area contributed by atoms with Crippen molar-refractivity contribution >= 4 is 37.3 Å². The molecule has 0 aliphatic heterocycles. The Hall–Kier alpha value is -1.53. The normalized spacial score (nSPS) is 11.3. The second-order valence-electron chi connectivity index (χ2n) is 4.30. The predicted octanol–water partition coefficient (Wildman–Crippen LogP) is 3.39. The molecule has 0 spiro atoms. The number of aryl methyl sites for hydroxylation is 1. The zero-order valence-electron chi connectivity index (χ0n) is 10.9. The van der Waals surface area contributed by atoms with Gasteiger partial charge in [-0.1, -0.05) is 25.1 Å². The molecular weight excluding hydrogens is 340 g/mol. The van der Waals surface area contributed by atoms with E-state index in [9.17, 15) is 8.42 Å². The first-order valence-electron chi connectivity index (χ1n) is 6.10. The Bertz CT molecular complexity index is 730. The lowest BCUT2D eigenvalue weighted by Gasteiger charge is -2.12. The summed E-state index contributed by atoms with van der Waals surface area (Å²) in [4.78, 5) is 0.171. The van der Waals surface area contributed by atoms with Gasteiger partial charge in [0.25, 0.3) is 10.0 Å². The second kappa shape index (κ2) is 5.85. The number of benzene rings is 2. The number of anilines is 2. The molecule has 0 saturated heterocycles. The summed E-state index contributed by atoms with van der Waals surface area (Å²) >= 11 is 3.23. The Labute approximate surface area is 127 Å². The fraction of sp³-hybridized carbons (Fsp3) is 0.143. The van der Waals surface area contributed by atoms with Crippen molar-refractivity contribution in [2.24, 2.45) is 0 Å². The monoisotopic (exact) mass is 354 g/mol. The maximum absolute atomic E-state index is 12.4. The quantitative estimate of drug-likeness (QED) is 0.826. The van der Waals surface area contributed by atoms with Crippen molar-refractivity contribution in [3.63, 3.8) is 0 Å². The van der Waals surface area contributed by atoms with Gasteiger partial charge in [0.05, 0.1) is 10.6 Å². The molecule has 6 heteroatoms. The van der Waals surface area contributed by atoms with Crippen molar-refractivity contribution in [2.75, 3.05) is 10.5 Å². The summed E-state index contributed by atoms with van der Waals surface area (Å²) in [5.74, 6) is 0. The Balaban J connectivity index is 2.38. The van der Waals surface area contributed by atoms with Gasteiger partial charge in [-0.25, -0.2) is 8.42 Å². The third-order valence-corrected chi connectivity index (χ3v) is 4.97. The van der Waals surface area contributed by atoms with Crippen LogP contribution in [-0.2, 0) is 16.4 Å². The third-order valence-electron chi connectivity index (χ3n) is 2.92. The number of hydrogen-bond acceptors (Lipinski definition) is 3. The predicted molar refractivity (Wildman–Crippen MR) is 85.2 cm³/mol. The fourth-order valence-electron chi connectivity index (χ4n) is 1.81. The lowest BCUT2D eigenvalue weighted by molar-refractivity contribution is 0.601. The average molecular weight is 355 g/mol. The van der Waals surface area contributed by atoms with E-state index < -0.39 is 10.0 Å². The molecule has 4 nitrogen and oxygen atoms in total. The highest BCUT2D eigenvalue weighted by atomic mass is 79.9. The number of rotatable bonds is 4. The van der Waals surface area contributed by atoms with Crippen molar-refractivity contribution in [3.8, 4) is 0 Å². The van der Waals surface area contributed by atoms with Crippen LogP contribution < -0.4 is 10.5 Å². The van der Waals surface area contributed by atoms with E-state index in [-0.39, 0.29) is 4.90 Å². The molecular formula is C14H15BrN2O2S. The van der Waals surface area contributed by atoms with Gasteiger partial charge in [0.15, 0.2) is 0 Å². The number of halogens is 1. The molecule has 0 radical (unpaired) electrons. The molecule has 0 amide bonds. The first kappa shape index (κ1) is 14.9. The molecule has 106 valence electrons. The molecule has 0 atom stereocenters. The molecule has 0 aliphatic carbocycles. The molecule has 0 saturated carbocycles. The van der Waals surface area contributed by atoms with Crippen LogP contribution in [0.4, 0.5) is 11.4 Å². The minimum absolute atomic E-state index is 0.171. The summed E-state index contributed by atoms with van der Waals surface area (Å²) < 4.78 is 27.9. The third kappa shape index (κ3) is 3.13. The molecule has 0 aliphatic rings. The van der Waals surface area contributed by atoms with Gasteiger partial charge < -0.3 is 5.73 Å². The molecule has 3 N–H and O–H groups in total. The maximum Gasteiger partial charge on any atom is 0.261 e. The highest BCUT2D eigenvalue weighted by molar-refractivity contribution is 9.10. The fourth-order valence-corrected chi connectivity index (χ4v) is 3.46. The van der Waals surface area contributed by atoms with E-state index in [1.807, 2.05) is 19.1 Å². The first-order chi connectivity index (χ1) is 9.44. The van der Waals surface area contributed by atoms with E-state index >= 15 is 0 Å². The first-order valence-corrected chi connectivity index (χ1v) is 8.37. The Morgan fingerprint density at radius 1 is 1.20 bits per heavy atom. The molecule has 20 heavy (non-hydrogen) atoms. The van der Waals surface area contributed by atoms with E-state index in [1.165, 1.54) is 12.1 Å². The SMILES string of the molecule is CCc1ccccc1NS(=O)(=O)c1ccc(N)c(Br)c1. The van der Waals surface area contributed by atoms with Crippen molar-refractivity contribution in [3.05, 3.63) is 52.5 Å². The second-order valence-corrected chi connectivity index (χ2v) is 6.84. The van der Waals surface area contributed by atoms with E-state index in [0.717, 1.165) is 12.0 Å². The smallest absolute Gasteiger partial charge is 0.261 e. The molecule has 0 aromatic heterocycles. The summed E-state index contributed by atoms with van der Waals surface area (Å²) in [6.07, 6.45) is 0.754. The summed E-state index contributed by atoms with van der Waals surface area (Å²) in [6, 6.07) is 11.9. The Kier molecular flexibility index (Phi) is 4.35. The maximum atomic E-state index is 12.4. The van der Waals surface area contributed by atoms with E-state index in [2.05, 4.69) is 20.7 Å². The minimum Gasteiger partial charge on any atom is -0.398 e. The van der Waals surface area contributed by atoms with E-state index in [4.69, 9.17) is 5.73 Å². The van der Waals surface area contributed by atoms with Crippen LogP contribution >= 0.6 is 15.9 Å². The number of nitrogens with two attached hydrogens (primary N) is 1. The van der Waals surface area contributed by atoms with Gasteiger partial charge in [-0.2, -0.15) is 0 Å². The highest BCUT2D eigenvalue weighted by Crippen LogP contribution is 2.25. The zero-order chi connectivity index (χ0) is 14.8. The van der Waals surface area contributed by atoms with Crippen LogP contribution in [0.3, 0.4) is 0 Å². The Morgan fingerprint density at radius 3 is 2.55 bits per heavy atom. The van der Waals surface area contributed by atoms with Crippen molar-refractivity contribution < 1.29 is 8.42 Å². The summed E-state index contributed by atoms with van der Waals surface area (Å²) in [6.45, 7) is 1.98. The number of nitrogen functional groups attached to an aromatic ring is 1. The average Bonchev–Trinajstić information content (AvgIpc) is 2.42. The van der Waals surface area contributed by atoms with Crippen LogP contribution in [0, 0.1) is 0 Å². The minimum atomic E-state index is -3.62. The van der Waals surface area contributed by atoms with Crippen molar-refractivity contribution in [2.45, 2.75) is 18.2 Å². The molecule has 2 aromatic rings. The van der Waals surface area contributed by atoms with Gasteiger partial charge in [-0.3, -0.25) is 4.72 Å². The largest absolute Gasteiger partial charge is 0.398 e. The van der Waals surface area contributed by atoms with E-state index in [0.29, 0.717) is 15.8 Å². The van der Waals surface area contributed by atoms with Crippen LogP contribution in [0.25, 0.3) is 0 Å². The lowest BCUT2D eigenvalue weighted by atomic mass is 10.1. The van der Waals surface area contributed by atoms with Gasteiger partial charge >= 0.3 is 0 Å². The summed E-state index contributed by atoms with van der Waals surface area (Å²) in [5, 5.41) is 0. The van der Waals surface area contributed by atoms with Gasteiger partial charge in [0, 0.05) is 10.2 Å². The number of nitrogens with one attached hydrogen (secondary N) is 1. The van der Waals surface area contributed by atoms with Crippen molar-refractivity contribution in [1.29, 1.82) is 0 Å². The van der Waals surface area contributed by atoms with Crippen LogP contribution in [0.1, 0.15) is 12.5 Å². The van der Waals surface area contributed by atoms with Gasteiger partial charge in [0.2, 0.25) is 0 Å². The molecule has 0 heterocycles. The lowest BCUT2D eigenvalue weighted by Crippen LogP contribution is -2.14. The highest BCUT2D eigenvalue weighted by Gasteiger charge is 2.16. The molecule has 0 bridgehead atoms.